The average molecular weight is 344 g/mol. The van der Waals surface area contributed by atoms with Crippen LogP contribution in [0.1, 0.15) is 35.9 Å². The standard InChI is InChI=1S/C18H24N4OS/c1-13(22-9-5-17-16(12-22)6-10-24-17)11-20-18(23)21-14(2)15-3-7-19-8-4-15/h3-4,6-8,10,13-14H,5,9,11-12H2,1-2H3,(H2,20,21,23)/t13-,14-/m1/s1. The van der Waals surface area contributed by atoms with Crippen molar-refractivity contribution in [1.82, 2.24) is 20.5 Å². The predicted molar refractivity (Wildman–Crippen MR) is 97.1 cm³/mol. The molecule has 1 aliphatic rings. The Balaban J connectivity index is 1.44. The van der Waals surface area contributed by atoms with E-state index in [1.165, 1.54) is 10.4 Å². The van der Waals surface area contributed by atoms with Crippen molar-refractivity contribution in [2.24, 2.45) is 0 Å². The summed E-state index contributed by atoms with van der Waals surface area (Å²) in [7, 11) is 0. The summed E-state index contributed by atoms with van der Waals surface area (Å²) < 4.78 is 0. The fourth-order valence-electron chi connectivity index (χ4n) is 3.00. The molecule has 2 amide bonds. The first-order valence-corrected chi connectivity index (χ1v) is 9.25. The van der Waals surface area contributed by atoms with Crippen molar-refractivity contribution in [1.29, 1.82) is 0 Å². The van der Waals surface area contributed by atoms with Crippen molar-refractivity contribution >= 4 is 17.4 Å². The first-order valence-electron chi connectivity index (χ1n) is 8.37. The number of nitrogens with one attached hydrogen (secondary N) is 2. The van der Waals surface area contributed by atoms with Gasteiger partial charge in [0.25, 0.3) is 0 Å². The van der Waals surface area contributed by atoms with Gasteiger partial charge in [-0.25, -0.2) is 4.79 Å². The van der Waals surface area contributed by atoms with Crippen LogP contribution in [-0.4, -0.2) is 35.0 Å². The number of urea groups is 1. The highest BCUT2D eigenvalue weighted by atomic mass is 32.1. The second-order valence-electron chi connectivity index (χ2n) is 6.30. The van der Waals surface area contributed by atoms with Gasteiger partial charge in [0.2, 0.25) is 0 Å². The number of carbonyl (C=O) groups excluding carboxylic acids is 1. The highest BCUT2D eigenvalue weighted by molar-refractivity contribution is 7.10. The third-order valence-electron chi connectivity index (χ3n) is 4.57. The minimum atomic E-state index is -0.126. The van der Waals surface area contributed by atoms with Crippen LogP contribution in [0.4, 0.5) is 4.79 Å². The van der Waals surface area contributed by atoms with Crippen LogP contribution in [0.5, 0.6) is 0 Å². The molecule has 0 aromatic carbocycles. The highest BCUT2D eigenvalue weighted by Crippen LogP contribution is 2.24. The van der Waals surface area contributed by atoms with Gasteiger partial charge in [-0.05, 0) is 55.0 Å². The molecule has 5 nitrogen and oxygen atoms in total. The number of amides is 2. The zero-order valence-electron chi connectivity index (χ0n) is 14.2. The molecule has 24 heavy (non-hydrogen) atoms. The molecule has 128 valence electrons. The lowest BCUT2D eigenvalue weighted by molar-refractivity contribution is 0.185. The largest absolute Gasteiger partial charge is 0.337 e. The molecule has 0 fully saturated rings. The Hall–Kier alpha value is -1.92. The molecule has 0 aliphatic carbocycles. The maximum Gasteiger partial charge on any atom is 0.315 e. The summed E-state index contributed by atoms with van der Waals surface area (Å²) in [6.45, 7) is 6.83. The Kier molecular flexibility index (Phi) is 5.48. The van der Waals surface area contributed by atoms with Crippen LogP contribution in [0, 0.1) is 0 Å². The lowest BCUT2D eigenvalue weighted by Crippen LogP contribution is -2.46. The van der Waals surface area contributed by atoms with Crippen molar-refractivity contribution in [3.8, 4) is 0 Å². The summed E-state index contributed by atoms with van der Waals surface area (Å²) in [6, 6.07) is 6.21. The van der Waals surface area contributed by atoms with Gasteiger partial charge in [0, 0.05) is 42.9 Å². The van der Waals surface area contributed by atoms with E-state index in [0.29, 0.717) is 12.6 Å². The van der Waals surface area contributed by atoms with E-state index in [9.17, 15) is 4.79 Å². The van der Waals surface area contributed by atoms with E-state index in [0.717, 1.165) is 25.1 Å². The van der Waals surface area contributed by atoms with Crippen molar-refractivity contribution in [2.75, 3.05) is 13.1 Å². The monoisotopic (exact) mass is 344 g/mol. The van der Waals surface area contributed by atoms with Gasteiger partial charge in [-0.3, -0.25) is 9.88 Å². The summed E-state index contributed by atoms with van der Waals surface area (Å²) in [5.41, 5.74) is 2.49. The molecule has 3 heterocycles. The minimum Gasteiger partial charge on any atom is -0.337 e. The fraction of sp³-hybridized carbons (Fsp3) is 0.444. The molecule has 0 bridgehead atoms. The first kappa shape index (κ1) is 16.9. The zero-order chi connectivity index (χ0) is 16.9. The average Bonchev–Trinajstić information content (AvgIpc) is 3.08. The smallest absolute Gasteiger partial charge is 0.315 e. The zero-order valence-corrected chi connectivity index (χ0v) is 15.0. The van der Waals surface area contributed by atoms with Gasteiger partial charge in [-0.15, -0.1) is 11.3 Å². The van der Waals surface area contributed by atoms with Gasteiger partial charge in [0.05, 0.1) is 6.04 Å². The van der Waals surface area contributed by atoms with E-state index in [-0.39, 0.29) is 12.1 Å². The van der Waals surface area contributed by atoms with E-state index in [4.69, 9.17) is 0 Å². The third kappa shape index (κ3) is 4.13. The number of nitrogens with zero attached hydrogens (tertiary/aromatic N) is 2. The predicted octanol–water partition coefficient (Wildman–Crippen LogP) is 2.95. The van der Waals surface area contributed by atoms with Crippen LogP contribution in [0.3, 0.4) is 0 Å². The molecule has 0 spiro atoms. The van der Waals surface area contributed by atoms with Crippen LogP contribution < -0.4 is 10.6 Å². The molecule has 2 atom stereocenters. The first-order chi connectivity index (χ1) is 11.6. The molecule has 3 rings (SSSR count). The Morgan fingerprint density at radius 2 is 2.12 bits per heavy atom. The topological polar surface area (TPSA) is 57.3 Å². The van der Waals surface area contributed by atoms with Crippen LogP contribution in [-0.2, 0) is 13.0 Å². The second kappa shape index (κ2) is 7.77. The Morgan fingerprint density at radius 3 is 2.92 bits per heavy atom. The molecular weight excluding hydrogens is 320 g/mol. The van der Waals surface area contributed by atoms with E-state index < -0.39 is 0 Å². The summed E-state index contributed by atoms with van der Waals surface area (Å²) in [4.78, 5) is 20.1. The Bertz CT molecular complexity index is 673. The maximum absolute atomic E-state index is 12.1. The molecule has 0 unspecified atom stereocenters. The van der Waals surface area contributed by atoms with Crippen molar-refractivity contribution in [2.45, 2.75) is 38.9 Å². The van der Waals surface area contributed by atoms with Gasteiger partial charge in [0.1, 0.15) is 0 Å². The van der Waals surface area contributed by atoms with Gasteiger partial charge in [-0.2, -0.15) is 0 Å². The molecule has 2 aromatic rings. The van der Waals surface area contributed by atoms with Crippen molar-refractivity contribution in [3.63, 3.8) is 0 Å². The summed E-state index contributed by atoms with van der Waals surface area (Å²) in [5, 5.41) is 8.14. The SMILES string of the molecule is C[C@H](CNC(=O)N[C@H](C)c1ccncc1)N1CCc2sccc2C1. The highest BCUT2D eigenvalue weighted by Gasteiger charge is 2.21. The number of aromatic nitrogens is 1. The van der Waals surface area contributed by atoms with Gasteiger partial charge < -0.3 is 10.6 Å². The molecule has 1 aliphatic heterocycles. The lowest BCUT2D eigenvalue weighted by atomic mass is 10.1. The van der Waals surface area contributed by atoms with Gasteiger partial charge >= 0.3 is 6.03 Å². The van der Waals surface area contributed by atoms with Crippen molar-refractivity contribution in [3.05, 3.63) is 52.0 Å². The molecule has 0 radical (unpaired) electrons. The maximum atomic E-state index is 12.1. The molecular formula is C18H24N4OS. The number of hydrogen-bond donors (Lipinski definition) is 2. The molecule has 2 aromatic heterocycles. The fourth-order valence-corrected chi connectivity index (χ4v) is 3.89. The number of carbonyl (C=O) groups is 1. The molecule has 0 saturated carbocycles. The van der Waals surface area contributed by atoms with E-state index in [1.54, 1.807) is 12.4 Å². The minimum absolute atomic E-state index is 0.0355. The van der Waals surface area contributed by atoms with E-state index in [2.05, 4.69) is 38.9 Å². The van der Waals surface area contributed by atoms with Gasteiger partial charge in [-0.1, -0.05) is 0 Å². The number of hydrogen-bond acceptors (Lipinski definition) is 4. The number of rotatable bonds is 5. The number of pyridine rings is 1. The third-order valence-corrected chi connectivity index (χ3v) is 5.60. The number of fused-ring (bicyclic) bond motifs is 1. The second-order valence-corrected chi connectivity index (χ2v) is 7.30. The van der Waals surface area contributed by atoms with E-state index >= 15 is 0 Å². The Labute approximate surface area is 147 Å². The van der Waals surface area contributed by atoms with Crippen molar-refractivity contribution < 1.29 is 4.79 Å². The van der Waals surface area contributed by atoms with E-state index in [1.807, 2.05) is 30.4 Å². The quantitative estimate of drug-likeness (QED) is 0.877. The normalized spacial score (nSPS) is 16.9. The van der Waals surface area contributed by atoms with Crippen LogP contribution in [0.25, 0.3) is 0 Å². The summed E-state index contributed by atoms with van der Waals surface area (Å²) >= 11 is 1.85. The molecule has 0 saturated heterocycles. The lowest BCUT2D eigenvalue weighted by Gasteiger charge is -2.32. The Morgan fingerprint density at radius 1 is 1.33 bits per heavy atom. The van der Waals surface area contributed by atoms with Gasteiger partial charge in [0.15, 0.2) is 0 Å². The van der Waals surface area contributed by atoms with Crippen LogP contribution in [0.2, 0.25) is 0 Å². The molecule has 6 heteroatoms. The number of thiophene rings is 1. The molecule has 2 N–H and O–H groups in total. The summed E-state index contributed by atoms with van der Waals surface area (Å²) in [6.07, 6.45) is 4.59. The van der Waals surface area contributed by atoms with Crippen LogP contribution >= 0.6 is 11.3 Å². The summed E-state index contributed by atoms with van der Waals surface area (Å²) in [5.74, 6) is 0. The van der Waals surface area contributed by atoms with Crippen LogP contribution in [0.15, 0.2) is 36.0 Å².